The topological polar surface area (TPSA) is 46.5 Å². The Morgan fingerprint density at radius 1 is 0.905 bits per heavy atom. The van der Waals surface area contributed by atoms with Crippen LogP contribution in [-0.2, 0) is 17.6 Å². The lowest BCUT2D eigenvalue weighted by atomic mass is 10.1. The summed E-state index contributed by atoms with van der Waals surface area (Å²) in [7, 11) is 0. The molecule has 0 bridgehead atoms. The Labute approximate surface area is 125 Å². The highest BCUT2D eigenvalue weighted by Gasteiger charge is 2.00. The predicted octanol–water partition coefficient (Wildman–Crippen LogP) is 3.72. The fourth-order valence-corrected chi connectivity index (χ4v) is 2.13. The number of carbonyl (C=O) groups is 1. The van der Waals surface area contributed by atoms with Crippen LogP contribution >= 0.6 is 0 Å². The minimum Gasteiger partial charge on any atom is -0.493 e. The van der Waals surface area contributed by atoms with E-state index in [9.17, 15) is 4.79 Å². The monoisotopic (exact) mass is 284 g/mol. The summed E-state index contributed by atoms with van der Waals surface area (Å²) in [5, 5.41) is 8.61. The van der Waals surface area contributed by atoms with Gasteiger partial charge in [-0.1, -0.05) is 42.5 Å². The second-order valence-electron chi connectivity index (χ2n) is 4.98. The summed E-state index contributed by atoms with van der Waals surface area (Å²) < 4.78 is 5.71. The van der Waals surface area contributed by atoms with Gasteiger partial charge in [0.2, 0.25) is 0 Å². The predicted molar refractivity (Wildman–Crippen MR) is 82.7 cm³/mol. The lowest BCUT2D eigenvalue weighted by Gasteiger charge is -2.07. The molecule has 110 valence electrons. The summed E-state index contributed by atoms with van der Waals surface area (Å²) in [6, 6.07) is 18.1. The molecule has 0 amide bonds. The van der Waals surface area contributed by atoms with Crippen molar-refractivity contribution >= 4 is 5.97 Å². The average Bonchev–Trinajstić information content (AvgIpc) is 2.50. The molecule has 2 rings (SSSR count). The van der Waals surface area contributed by atoms with Gasteiger partial charge in [0, 0.05) is 12.8 Å². The molecule has 2 aromatic rings. The van der Waals surface area contributed by atoms with Crippen molar-refractivity contribution in [2.24, 2.45) is 0 Å². The molecule has 21 heavy (non-hydrogen) atoms. The van der Waals surface area contributed by atoms with E-state index in [1.807, 2.05) is 42.5 Å². The second kappa shape index (κ2) is 8.10. The molecule has 0 radical (unpaired) electrons. The highest BCUT2D eigenvalue weighted by Crippen LogP contribution is 2.14. The molecule has 2 aromatic carbocycles. The van der Waals surface area contributed by atoms with E-state index in [2.05, 4.69) is 12.1 Å². The van der Waals surface area contributed by atoms with Crippen LogP contribution < -0.4 is 4.74 Å². The molecule has 0 saturated carbocycles. The molecule has 0 fully saturated rings. The number of benzene rings is 2. The van der Waals surface area contributed by atoms with Crippen molar-refractivity contribution in [1.29, 1.82) is 0 Å². The van der Waals surface area contributed by atoms with Crippen LogP contribution in [0.4, 0.5) is 0 Å². The van der Waals surface area contributed by atoms with Crippen LogP contribution in [0.25, 0.3) is 0 Å². The van der Waals surface area contributed by atoms with Crippen LogP contribution in [0.3, 0.4) is 0 Å². The van der Waals surface area contributed by atoms with E-state index in [0.717, 1.165) is 24.2 Å². The zero-order valence-electron chi connectivity index (χ0n) is 12.0. The van der Waals surface area contributed by atoms with Crippen LogP contribution in [0.1, 0.15) is 24.0 Å². The molecule has 3 nitrogen and oxygen atoms in total. The van der Waals surface area contributed by atoms with Crippen molar-refractivity contribution in [1.82, 2.24) is 0 Å². The van der Waals surface area contributed by atoms with Gasteiger partial charge in [-0.2, -0.15) is 0 Å². The Bertz CT molecular complexity index is 546. The standard InChI is InChI=1S/C18H20O3/c19-18(20)8-4-7-16-9-11-17(12-10-16)21-14-13-15-5-2-1-3-6-15/h1-3,5-6,9-12H,4,7-8,13-14H2,(H,19,20). The Hall–Kier alpha value is -2.29. The maximum Gasteiger partial charge on any atom is 0.303 e. The van der Waals surface area contributed by atoms with Crippen molar-refractivity contribution in [2.75, 3.05) is 6.61 Å². The molecular weight excluding hydrogens is 264 g/mol. The van der Waals surface area contributed by atoms with E-state index in [0.29, 0.717) is 13.0 Å². The third-order valence-electron chi connectivity index (χ3n) is 3.28. The molecule has 0 heterocycles. The molecule has 0 aliphatic rings. The number of rotatable bonds is 8. The SMILES string of the molecule is O=C(O)CCCc1ccc(OCCc2ccccc2)cc1. The van der Waals surface area contributed by atoms with Crippen molar-refractivity contribution < 1.29 is 14.6 Å². The zero-order valence-corrected chi connectivity index (χ0v) is 12.0. The Morgan fingerprint density at radius 3 is 2.24 bits per heavy atom. The highest BCUT2D eigenvalue weighted by molar-refractivity contribution is 5.66. The molecule has 0 spiro atoms. The summed E-state index contributed by atoms with van der Waals surface area (Å²) in [5.74, 6) is 0.115. The van der Waals surface area contributed by atoms with Crippen molar-refractivity contribution in [3.05, 3.63) is 65.7 Å². The van der Waals surface area contributed by atoms with E-state index >= 15 is 0 Å². The van der Waals surface area contributed by atoms with E-state index in [4.69, 9.17) is 9.84 Å². The van der Waals surface area contributed by atoms with E-state index in [-0.39, 0.29) is 6.42 Å². The fourth-order valence-electron chi connectivity index (χ4n) is 2.13. The normalized spacial score (nSPS) is 10.3. The number of carboxylic acid groups (broad SMARTS) is 1. The molecule has 1 N–H and O–H groups in total. The summed E-state index contributed by atoms with van der Waals surface area (Å²) in [4.78, 5) is 10.5. The molecule has 3 heteroatoms. The van der Waals surface area contributed by atoms with Gasteiger partial charge in [-0.15, -0.1) is 0 Å². The quantitative estimate of drug-likeness (QED) is 0.803. The summed E-state index contributed by atoms with van der Waals surface area (Å²) in [5.41, 5.74) is 2.41. The Balaban J connectivity index is 1.73. The lowest BCUT2D eigenvalue weighted by molar-refractivity contribution is -0.137. The van der Waals surface area contributed by atoms with E-state index in [1.165, 1.54) is 5.56 Å². The van der Waals surface area contributed by atoms with Gasteiger partial charge in [0.05, 0.1) is 6.61 Å². The third-order valence-corrected chi connectivity index (χ3v) is 3.28. The number of aliphatic carboxylic acids is 1. The van der Waals surface area contributed by atoms with E-state index in [1.54, 1.807) is 0 Å². The van der Waals surface area contributed by atoms with Gasteiger partial charge >= 0.3 is 5.97 Å². The number of ether oxygens (including phenoxy) is 1. The van der Waals surface area contributed by atoms with Gasteiger partial charge in [0.25, 0.3) is 0 Å². The lowest BCUT2D eigenvalue weighted by Crippen LogP contribution is -2.01. The van der Waals surface area contributed by atoms with Crippen LogP contribution in [0.5, 0.6) is 5.75 Å². The van der Waals surface area contributed by atoms with Gasteiger partial charge in [-0.05, 0) is 36.1 Å². The number of carboxylic acids is 1. The van der Waals surface area contributed by atoms with Gasteiger partial charge < -0.3 is 9.84 Å². The Kier molecular flexibility index (Phi) is 5.83. The van der Waals surface area contributed by atoms with Crippen molar-refractivity contribution in [2.45, 2.75) is 25.7 Å². The second-order valence-corrected chi connectivity index (χ2v) is 4.98. The summed E-state index contributed by atoms with van der Waals surface area (Å²) >= 11 is 0. The molecule has 0 atom stereocenters. The molecule has 0 aliphatic heterocycles. The van der Waals surface area contributed by atoms with Gasteiger partial charge in [-0.25, -0.2) is 0 Å². The zero-order chi connectivity index (χ0) is 14.9. The van der Waals surface area contributed by atoms with Crippen LogP contribution in [0, 0.1) is 0 Å². The molecule has 0 aromatic heterocycles. The van der Waals surface area contributed by atoms with Gasteiger partial charge in [0.15, 0.2) is 0 Å². The summed E-state index contributed by atoms with van der Waals surface area (Å²) in [6.45, 7) is 0.655. The first-order chi connectivity index (χ1) is 10.2. The minimum atomic E-state index is -0.740. The molecule has 0 aliphatic carbocycles. The number of hydrogen-bond donors (Lipinski definition) is 1. The molecular formula is C18H20O3. The van der Waals surface area contributed by atoms with Crippen molar-refractivity contribution in [3.63, 3.8) is 0 Å². The maximum atomic E-state index is 10.5. The Morgan fingerprint density at radius 2 is 1.57 bits per heavy atom. The highest BCUT2D eigenvalue weighted by atomic mass is 16.5. The average molecular weight is 284 g/mol. The smallest absolute Gasteiger partial charge is 0.303 e. The maximum absolute atomic E-state index is 10.5. The van der Waals surface area contributed by atoms with Crippen LogP contribution in [0.2, 0.25) is 0 Å². The third kappa shape index (κ3) is 5.69. The van der Waals surface area contributed by atoms with Crippen LogP contribution in [-0.4, -0.2) is 17.7 Å². The van der Waals surface area contributed by atoms with Gasteiger partial charge in [0.1, 0.15) is 5.75 Å². The largest absolute Gasteiger partial charge is 0.493 e. The molecule has 0 saturated heterocycles. The first-order valence-electron chi connectivity index (χ1n) is 7.21. The fraction of sp³-hybridized carbons (Fsp3) is 0.278. The number of aryl methyl sites for hydroxylation is 1. The van der Waals surface area contributed by atoms with E-state index < -0.39 is 5.97 Å². The van der Waals surface area contributed by atoms with Gasteiger partial charge in [-0.3, -0.25) is 4.79 Å². The first kappa shape index (κ1) is 15.1. The first-order valence-corrected chi connectivity index (χ1v) is 7.21. The summed E-state index contributed by atoms with van der Waals surface area (Å²) in [6.07, 6.45) is 2.57. The number of hydrogen-bond acceptors (Lipinski definition) is 2. The van der Waals surface area contributed by atoms with Crippen molar-refractivity contribution in [3.8, 4) is 5.75 Å². The minimum absolute atomic E-state index is 0.218. The van der Waals surface area contributed by atoms with Crippen LogP contribution in [0.15, 0.2) is 54.6 Å². The molecule has 0 unspecified atom stereocenters.